The number of fused-ring (bicyclic) bond motifs is 1. The Morgan fingerprint density at radius 3 is 2.53 bits per heavy atom. The van der Waals surface area contributed by atoms with Gasteiger partial charge in [0.2, 0.25) is 5.91 Å². The van der Waals surface area contributed by atoms with Gasteiger partial charge in [0.05, 0.1) is 12.7 Å². The van der Waals surface area contributed by atoms with Gasteiger partial charge in [0.15, 0.2) is 5.76 Å². The van der Waals surface area contributed by atoms with Gasteiger partial charge in [0.1, 0.15) is 17.2 Å². The van der Waals surface area contributed by atoms with Crippen molar-refractivity contribution in [1.29, 1.82) is 0 Å². The number of methoxy groups -OCH3 is 1. The first kappa shape index (κ1) is 23.5. The van der Waals surface area contributed by atoms with E-state index >= 15 is 0 Å². The zero-order chi connectivity index (χ0) is 22.6. The summed E-state index contributed by atoms with van der Waals surface area (Å²) in [7, 11) is 1.58. The molecule has 1 amide bonds. The first-order chi connectivity index (χ1) is 14.0. The van der Waals surface area contributed by atoms with Crippen LogP contribution in [0, 0.1) is 18.3 Å². The maximum Gasteiger partial charge on any atom is 0.221 e. The lowest BCUT2D eigenvalue weighted by molar-refractivity contribution is -0.118. The van der Waals surface area contributed by atoms with E-state index in [0.29, 0.717) is 23.1 Å². The van der Waals surface area contributed by atoms with Crippen molar-refractivity contribution in [3.05, 3.63) is 71.7 Å². The molecule has 1 aromatic carbocycles. The van der Waals surface area contributed by atoms with Crippen LogP contribution in [0.25, 0.3) is 5.76 Å². The monoisotopic (exact) mass is 409 g/mol. The van der Waals surface area contributed by atoms with Crippen molar-refractivity contribution < 1.29 is 14.3 Å². The predicted molar refractivity (Wildman–Crippen MR) is 124 cm³/mol. The Balaban J connectivity index is 2.25. The summed E-state index contributed by atoms with van der Waals surface area (Å²) >= 11 is 0. The highest BCUT2D eigenvalue weighted by Crippen LogP contribution is 2.40. The van der Waals surface area contributed by atoms with E-state index in [1.807, 2.05) is 13.0 Å². The largest absolute Gasteiger partial charge is 0.494 e. The molecule has 0 fully saturated rings. The Hall–Kier alpha value is -2.75. The summed E-state index contributed by atoms with van der Waals surface area (Å²) in [6.07, 6.45) is 4.84. The van der Waals surface area contributed by atoms with Gasteiger partial charge in [-0.2, -0.15) is 0 Å². The number of nitrogens with one attached hydrogen (secondary N) is 1. The molecule has 30 heavy (non-hydrogen) atoms. The quantitative estimate of drug-likeness (QED) is 0.529. The number of rotatable bonds is 8. The van der Waals surface area contributed by atoms with Gasteiger partial charge in [-0.3, -0.25) is 4.79 Å². The Morgan fingerprint density at radius 1 is 1.33 bits per heavy atom. The van der Waals surface area contributed by atoms with Crippen LogP contribution in [0.5, 0.6) is 5.75 Å². The first-order valence-electron chi connectivity index (χ1n) is 10.3. The number of carbonyl (C=O) groups excluding carboxylic acids is 1. The molecule has 0 spiro atoms. The van der Waals surface area contributed by atoms with Crippen LogP contribution in [0.1, 0.15) is 57.2 Å². The van der Waals surface area contributed by atoms with E-state index < -0.39 is 0 Å². The number of hydrogen-bond acceptors (Lipinski definition) is 3. The molecule has 162 valence electrons. The standard InChI is InChI=1S/C26H35NO3/c1-10-21(26(6,7)8)13-11-16(2)15-20-12-14-22-24(17(20)3)30-18(4)23(25(22)29-9)27-19(5)28/h10,12,14,21H,1-2,4,11,13,15H2,3,5-9H3,(H,27,28). The summed E-state index contributed by atoms with van der Waals surface area (Å²) in [4.78, 5) is 11.6. The van der Waals surface area contributed by atoms with Crippen molar-refractivity contribution in [2.75, 3.05) is 7.11 Å². The van der Waals surface area contributed by atoms with E-state index in [0.717, 1.165) is 41.7 Å². The van der Waals surface area contributed by atoms with Crippen molar-refractivity contribution in [3.8, 4) is 5.75 Å². The molecule has 1 atom stereocenters. The van der Waals surface area contributed by atoms with Crippen molar-refractivity contribution in [3.63, 3.8) is 0 Å². The number of ether oxygens (including phenoxy) is 2. The minimum atomic E-state index is -0.203. The van der Waals surface area contributed by atoms with Crippen molar-refractivity contribution in [1.82, 2.24) is 5.32 Å². The second-order valence-electron chi connectivity index (χ2n) is 9.01. The van der Waals surface area contributed by atoms with Crippen LogP contribution in [0.3, 0.4) is 0 Å². The molecule has 1 aromatic rings. The van der Waals surface area contributed by atoms with Crippen molar-refractivity contribution >= 4 is 11.7 Å². The van der Waals surface area contributed by atoms with Crippen LogP contribution < -0.4 is 10.1 Å². The van der Waals surface area contributed by atoms with Gasteiger partial charge in [0.25, 0.3) is 0 Å². The topological polar surface area (TPSA) is 47.6 Å². The summed E-state index contributed by atoms with van der Waals surface area (Å²) in [5.41, 5.74) is 4.85. The van der Waals surface area contributed by atoms with Crippen LogP contribution >= 0.6 is 0 Å². The van der Waals surface area contributed by atoms with Crippen LogP contribution in [0.4, 0.5) is 0 Å². The fourth-order valence-corrected chi connectivity index (χ4v) is 3.81. The molecule has 1 aliphatic heterocycles. The van der Waals surface area contributed by atoms with E-state index in [-0.39, 0.29) is 11.3 Å². The van der Waals surface area contributed by atoms with Crippen molar-refractivity contribution in [2.45, 2.75) is 53.9 Å². The second kappa shape index (κ2) is 9.38. The summed E-state index contributed by atoms with van der Waals surface area (Å²) in [5.74, 6) is 1.89. The molecule has 0 aliphatic carbocycles. The highest BCUT2D eigenvalue weighted by atomic mass is 16.5. The maximum atomic E-state index is 11.6. The third kappa shape index (κ3) is 5.24. The van der Waals surface area contributed by atoms with Gasteiger partial charge >= 0.3 is 0 Å². The Kier molecular flexibility index (Phi) is 7.35. The molecule has 1 aliphatic rings. The van der Waals surface area contributed by atoms with Gasteiger partial charge in [-0.25, -0.2) is 0 Å². The van der Waals surface area contributed by atoms with Crippen LogP contribution in [0.2, 0.25) is 0 Å². The van der Waals surface area contributed by atoms with Crippen LogP contribution in [0.15, 0.2) is 55.0 Å². The fraction of sp³-hybridized carbons (Fsp3) is 0.423. The zero-order valence-electron chi connectivity index (χ0n) is 19.3. The lowest BCUT2D eigenvalue weighted by Crippen LogP contribution is -2.26. The Morgan fingerprint density at radius 2 is 2.00 bits per heavy atom. The minimum Gasteiger partial charge on any atom is -0.494 e. The Bertz CT molecular complexity index is 900. The van der Waals surface area contributed by atoms with Gasteiger partial charge in [-0.15, -0.1) is 6.58 Å². The average molecular weight is 410 g/mol. The summed E-state index contributed by atoms with van der Waals surface area (Å²) < 4.78 is 11.6. The van der Waals surface area contributed by atoms with E-state index in [9.17, 15) is 4.79 Å². The third-order valence-corrected chi connectivity index (χ3v) is 5.65. The minimum absolute atomic E-state index is 0.201. The highest BCUT2D eigenvalue weighted by molar-refractivity contribution is 5.82. The molecule has 2 rings (SSSR count). The molecule has 4 nitrogen and oxygen atoms in total. The molecule has 0 aromatic heterocycles. The summed E-state index contributed by atoms with van der Waals surface area (Å²) in [5, 5.41) is 2.75. The van der Waals surface area contributed by atoms with Gasteiger partial charge in [-0.05, 0) is 54.7 Å². The average Bonchev–Trinajstić information content (AvgIpc) is 2.64. The SMILES string of the molecule is C=CC(CCC(=C)Cc1ccc2c(c1C)OC(=C)C(NC(C)=O)=C2OC)C(C)(C)C. The predicted octanol–water partition coefficient (Wildman–Crippen LogP) is 6.08. The lowest BCUT2D eigenvalue weighted by Gasteiger charge is -2.28. The van der Waals surface area contributed by atoms with E-state index in [4.69, 9.17) is 9.47 Å². The Labute approximate surface area is 181 Å². The zero-order valence-corrected chi connectivity index (χ0v) is 19.3. The molecular weight excluding hydrogens is 374 g/mol. The molecular formula is C26H35NO3. The second-order valence-corrected chi connectivity index (χ2v) is 9.01. The first-order valence-corrected chi connectivity index (χ1v) is 10.3. The smallest absolute Gasteiger partial charge is 0.221 e. The normalized spacial score (nSPS) is 14.5. The molecule has 0 bridgehead atoms. The van der Waals surface area contributed by atoms with Gasteiger partial charge < -0.3 is 14.8 Å². The number of allylic oxidation sites excluding steroid dienone is 2. The van der Waals surface area contributed by atoms with Gasteiger partial charge in [0, 0.05) is 6.92 Å². The molecule has 1 unspecified atom stereocenters. The van der Waals surface area contributed by atoms with E-state index in [1.165, 1.54) is 12.5 Å². The summed E-state index contributed by atoms with van der Waals surface area (Å²) in [6.45, 7) is 22.5. The number of hydrogen-bond donors (Lipinski definition) is 1. The molecule has 1 heterocycles. The summed E-state index contributed by atoms with van der Waals surface area (Å²) in [6, 6.07) is 4.05. The molecule has 0 radical (unpaired) electrons. The van der Waals surface area contributed by atoms with Crippen molar-refractivity contribution in [2.24, 2.45) is 11.3 Å². The fourth-order valence-electron chi connectivity index (χ4n) is 3.81. The molecule has 0 saturated heterocycles. The maximum absolute atomic E-state index is 11.6. The van der Waals surface area contributed by atoms with E-state index in [2.05, 4.69) is 58.0 Å². The molecule has 1 N–H and O–H groups in total. The third-order valence-electron chi connectivity index (χ3n) is 5.65. The highest BCUT2D eigenvalue weighted by Gasteiger charge is 2.28. The number of amides is 1. The molecule has 0 saturated carbocycles. The lowest BCUT2D eigenvalue weighted by atomic mass is 9.77. The van der Waals surface area contributed by atoms with E-state index in [1.54, 1.807) is 7.11 Å². The molecule has 4 heteroatoms. The van der Waals surface area contributed by atoms with Crippen LogP contribution in [-0.4, -0.2) is 13.0 Å². The number of carbonyl (C=O) groups is 1. The number of benzene rings is 1. The van der Waals surface area contributed by atoms with Gasteiger partial charge in [-0.1, -0.05) is 51.6 Å². The van der Waals surface area contributed by atoms with Crippen LogP contribution in [-0.2, 0) is 16.0 Å².